The Balaban J connectivity index is 1.48. The summed E-state index contributed by atoms with van der Waals surface area (Å²) in [6, 6.07) is 20.2. The van der Waals surface area contributed by atoms with E-state index in [-0.39, 0.29) is 37.4 Å². The van der Waals surface area contributed by atoms with Crippen molar-refractivity contribution in [2.45, 2.75) is 35.5 Å². The molecule has 3 aromatic carbocycles. The Bertz CT molecular complexity index is 1360. The summed E-state index contributed by atoms with van der Waals surface area (Å²) >= 11 is 0. The lowest BCUT2D eigenvalue weighted by Crippen LogP contribution is -2.52. The van der Waals surface area contributed by atoms with Crippen LogP contribution < -0.4 is 10.2 Å². The van der Waals surface area contributed by atoms with Crippen molar-refractivity contribution in [1.29, 1.82) is 0 Å². The van der Waals surface area contributed by atoms with Gasteiger partial charge in [-0.25, -0.2) is 23.1 Å². The summed E-state index contributed by atoms with van der Waals surface area (Å²) in [6.45, 7) is 0.188. The van der Waals surface area contributed by atoms with Gasteiger partial charge in [0.05, 0.1) is 9.64 Å². The number of hydrogen-bond donors (Lipinski definition) is 2. The lowest BCUT2D eigenvalue weighted by atomic mass is 9.92. The lowest BCUT2D eigenvalue weighted by Gasteiger charge is -2.40. The van der Waals surface area contributed by atoms with Crippen molar-refractivity contribution in [2.24, 2.45) is 0 Å². The Kier molecular flexibility index (Phi) is 8.28. The smallest absolute Gasteiger partial charge is 0.410 e. The predicted molar refractivity (Wildman–Crippen MR) is 135 cm³/mol. The van der Waals surface area contributed by atoms with E-state index in [0.717, 1.165) is 5.56 Å². The average molecular weight is 543 g/mol. The van der Waals surface area contributed by atoms with Gasteiger partial charge in [-0.3, -0.25) is 10.0 Å². The molecule has 0 unspecified atom stereocenters. The first-order valence-corrected chi connectivity index (χ1v) is 13.4. The molecular weight excluding hydrogens is 515 g/mol. The fourth-order valence-electron chi connectivity index (χ4n) is 4.36. The summed E-state index contributed by atoms with van der Waals surface area (Å²) in [5, 5.41) is 9.11. The SMILES string of the molecule is O=C(CC1(S(=O)(=O)c2ccc(Oc3ccc(F)cc3)cc2)CCN(C(=O)OCc2ccccc2)CC1)NO. The quantitative estimate of drug-likeness (QED) is 0.318. The van der Waals surface area contributed by atoms with Crippen LogP contribution in [0.15, 0.2) is 83.8 Å². The van der Waals surface area contributed by atoms with Crippen LogP contribution in [0.1, 0.15) is 24.8 Å². The van der Waals surface area contributed by atoms with Gasteiger partial charge in [0.2, 0.25) is 5.91 Å². The second-order valence-electron chi connectivity index (χ2n) is 8.95. The molecule has 9 nitrogen and oxygen atoms in total. The van der Waals surface area contributed by atoms with Crippen LogP contribution in [-0.2, 0) is 26.0 Å². The van der Waals surface area contributed by atoms with E-state index < -0.39 is 38.8 Å². The van der Waals surface area contributed by atoms with E-state index in [1.165, 1.54) is 58.9 Å². The molecule has 1 aliphatic rings. The van der Waals surface area contributed by atoms with Gasteiger partial charge in [0.1, 0.15) is 23.9 Å². The molecule has 0 bridgehead atoms. The van der Waals surface area contributed by atoms with E-state index in [4.69, 9.17) is 14.7 Å². The normalized spacial score (nSPS) is 14.9. The van der Waals surface area contributed by atoms with E-state index in [1.54, 1.807) is 0 Å². The number of carbonyl (C=O) groups excluding carboxylic acids is 2. The molecule has 1 fully saturated rings. The predicted octanol–water partition coefficient (Wildman–Crippen LogP) is 4.46. The topological polar surface area (TPSA) is 122 Å². The molecule has 3 aromatic rings. The van der Waals surface area contributed by atoms with Crippen LogP contribution in [0.5, 0.6) is 11.5 Å². The van der Waals surface area contributed by atoms with Crippen molar-refractivity contribution >= 4 is 21.8 Å². The number of likely N-dealkylation sites (tertiary alicyclic amines) is 1. The average Bonchev–Trinajstić information content (AvgIpc) is 2.94. The Morgan fingerprint density at radius 1 is 0.921 bits per heavy atom. The molecule has 1 saturated heterocycles. The molecule has 0 aromatic heterocycles. The first-order valence-electron chi connectivity index (χ1n) is 11.9. The largest absolute Gasteiger partial charge is 0.457 e. The minimum atomic E-state index is -4.08. The van der Waals surface area contributed by atoms with Crippen molar-refractivity contribution in [2.75, 3.05) is 13.1 Å². The number of rotatable bonds is 8. The zero-order chi connectivity index (χ0) is 27.2. The maximum atomic E-state index is 13.8. The summed E-state index contributed by atoms with van der Waals surface area (Å²) in [5.41, 5.74) is 2.34. The molecular formula is C27H27FN2O7S. The van der Waals surface area contributed by atoms with Gasteiger partial charge in [0.25, 0.3) is 0 Å². The van der Waals surface area contributed by atoms with Crippen LogP contribution >= 0.6 is 0 Å². The van der Waals surface area contributed by atoms with Gasteiger partial charge in [-0.15, -0.1) is 0 Å². The maximum Gasteiger partial charge on any atom is 0.410 e. The molecule has 11 heteroatoms. The molecule has 4 rings (SSSR count). The third-order valence-corrected chi connectivity index (χ3v) is 9.08. The van der Waals surface area contributed by atoms with Crippen LogP contribution in [0, 0.1) is 5.82 Å². The Hall–Kier alpha value is -3.96. The molecule has 38 heavy (non-hydrogen) atoms. The maximum absolute atomic E-state index is 13.8. The van der Waals surface area contributed by atoms with Gasteiger partial charge in [-0.2, -0.15) is 0 Å². The molecule has 0 saturated carbocycles. The molecule has 1 heterocycles. The van der Waals surface area contributed by atoms with Gasteiger partial charge in [-0.1, -0.05) is 30.3 Å². The third kappa shape index (κ3) is 6.12. The highest BCUT2D eigenvalue weighted by Gasteiger charge is 2.49. The molecule has 200 valence electrons. The molecule has 2 amide bonds. The Labute approximate surface area is 219 Å². The number of hydroxylamine groups is 1. The number of carbonyl (C=O) groups is 2. The standard InChI is InChI=1S/C27H27FN2O7S/c28-21-6-8-22(9-7-21)37-23-10-12-24(13-11-23)38(34,35)27(18-25(31)29-33)14-16-30(17-15-27)26(32)36-19-20-4-2-1-3-5-20/h1-13,33H,14-19H2,(H,29,31). The van der Waals surface area contributed by atoms with Crippen LogP contribution in [0.25, 0.3) is 0 Å². The first-order chi connectivity index (χ1) is 18.2. The van der Waals surface area contributed by atoms with Crippen LogP contribution in [0.4, 0.5) is 9.18 Å². The van der Waals surface area contributed by atoms with Gasteiger partial charge < -0.3 is 14.4 Å². The first kappa shape index (κ1) is 27.1. The van der Waals surface area contributed by atoms with Gasteiger partial charge in [0, 0.05) is 19.5 Å². The summed E-state index contributed by atoms with van der Waals surface area (Å²) in [4.78, 5) is 26.1. The van der Waals surface area contributed by atoms with Crippen molar-refractivity contribution in [3.8, 4) is 11.5 Å². The highest BCUT2D eigenvalue weighted by atomic mass is 32.2. The molecule has 0 radical (unpaired) electrons. The molecule has 2 N–H and O–H groups in total. The van der Waals surface area contributed by atoms with Crippen molar-refractivity contribution in [3.05, 3.63) is 90.2 Å². The number of nitrogens with zero attached hydrogens (tertiary/aromatic N) is 1. The number of ether oxygens (including phenoxy) is 2. The fraction of sp³-hybridized carbons (Fsp3) is 0.259. The fourth-order valence-corrected chi connectivity index (χ4v) is 6.39. The lowest BCUT2D eigenvalue weighted by molar-refractivity contribution is -0.130. The van der Waals surface area contributed by atoms with Crippen molar-refractivity contribution in [1.82, 2.24) is 10.4 Å². The number of benzene rings is 3. The number of sulfone groups is 1. The molecule has 0 aliphatic carbocycles. The van der Waals surface area contributed by atoms with E-state index in [9.17, 15) is 22.4 Å². The van der Waals surface area contributed by atoms with E-state index in [2.05, 4.69) is 0 Å². The number of nitrogens with one attached hydrogen (secondary N) is 1. The Morgan fingerprint density at radius 3 is 2.08 bits per heavy atom. The summed E-state index contributed by atoms with van der Waals surface area (Å²) in [6.07, 6.45) is -1.12. The second kappa shape index (κ2) is 11.6. The highest BCUT2D eigenvalue weighted by molar-refractivity contribution is 7.92. The van der Waals surface area contributed by atoms with Crippen LogP contribution in [0.3, 0.4) is 0 Å². The van der Waals surface area contributed by atoms with E-state index in [1.807, 2.05) is 30.3 Å². The van der Waals surface area contributed by atoms with Crippen LogP contribution in [0.2, 0.25) is 0 Å². The Morgan fingerprint density at radius 2 is 1.50 bits per heavy atom. The van der Waals surface area contributed by atoms with Crippen molar-refractivity contribution < 1.29 is 37.1 Å². The number of amides is 2. The zero-order valence-corrected chi connectivity index (χ0v) is 21.2. The summed E-state index contributed by atoms with van der Waals surface area (Å²) in [5.74, 6) is -0.533. The van der Waals surface area contributed by atoms with Gasteiger partial charge >= 0.3 is 6.09 Å². The minimum absolute atomic E-state index is 0.0307. The monoisotopic (exact) mass is 542 g/mol. The molecule has 0 atom stereocenters. The zero-order valence-electron chi connectivity index (χ0n) is 20.4. The van der Waals surface area contributed by atoms with E-state index >= 15 is 0 Å². The highest BCUT2D eigenvalue weighted by Crippen LogP contribution is 2.39. The number of halogens is 1. The minimum Gasteiger partial charge on any atom is -0.457 e. The second-order valence-corrected chi connectivity index (χ2v) is 11.3. The number of hydrogen-bond acceptors (Lipinski definition) is 7. The molecule has 0 spiro atoms. The summed E-state index contributed by atoms with van der Waals surface area (Å²) in [7, 11) is -4.08. The van der Waals surface area contributed by atoms with Crippen molar-refractivity contribution in [3.63, 3.8) is 0 Å². The van der Waals surface area contributed by atoms with Gasteiger partial charge in [0.15, 0.2) is 9.84 Å². The third-order valence-electron chi connectivity index (χ3n) is 6.50. The molecule has 1 aliphatic heterocycles. The van der Waals surface area contributed by atoms with E-state index in [0.29, 0.717) is 11.5 Å². The summed E-state index contributed by atoms with van der Waals surface area (Å²) < 4.78 is 50.1. The number of piperidine rings is 1. The van der Waals surface area contributed by atoms with Gasteiger partial charge in [-0.05, 0) is 66.9 Å². The van der Waals surface area contributed by atoms with Crippen LogP contribution in [-0.4, -0.2) is 48.4 Å².